The lowest BCUT2D eigenvalue weighted by atomic mass is 10.1. The van der Waals surface area contributed by atoms with Gasteiger partial charge in [-0.2, -0.15) is 0 Å². The van der Waals surface area contributed by atoms with Crippen molar-refractivity contribution in [2.24, 2.45) is 10.7 Å². The van der Waals surface area contributed by atoms with Crippen LogP contribution in [-0.2, 0) is 0 Å². The second kappa shape index (κ2) is 9.59. The molecule has 0 atom stereocenters. The SMILES string of the molecule is Cc1ccc(I)cc1.NC1=C(CCCO)N=C(c2ccccc2)C1. The first kappa shape index (κ1) is 18.7. The van der Waals surface area contributed by atoms with Gasteiger partial charge in [0.1, 0.15) is 0 Å². The van der Waals surface area contributed by atoms with Crippen molar-refractivity contribution in [2.45, 2.75) is 26.2 Å². The Bertz CT molecular complexity index is 685. The Labute approximate surface area is 157 Å². The minimum atomic E-state index is 0.187. The maximum atomic E-state index is 8.78. The summed E-state index contributed by atoms with van der Waals surface area (Å²) in [6, 6.07) is 18.5. The topological polar surface area (TPSA) is 58.6 Å². The number of halogens is 1. The number of aliphatic hydroxyl groups is 1. The molecule has 2 aromatic carbocycles. The zero-order valence-corrected chi connectivity index (χ0v) is 16.0. The summed E-state index contributed by atoms with van der Waals surface area (Å²) >= 11 is 2.30. The van der Waals surface area contributed by atoms with Crippen LogP contribution < -0.4 is 5.73 Å². The average molecular weight is 434 g/mol. The van der Waals surface area contributed by atoms with Crippen LogP contribution in [0.2, 0.25) is 0 Å². The highest BCUT2D eigenvalue weighted by atomic mass is 127. The van der Waals surface area contributed by atoms with Crippen LogP contribution >= 0.6 is 22.6 Å². The third-order valence-electron chi connectivity index (χ3n) is 3.69. The van der Waals surface area contributed by atoms with E-state index in [1.54, 1.807) is 0 Å². The van der Waals surface area contributed by atoms with Crippen LogP contribution in [0.5, 0.6) is 0 Å². The number of hydrogen-bond donors (Lipinski definition) is 2. The molecule has 0 saturated heterocycles. The fourth-order valence-electron chi connectivity index (χ4n) is 2.35. The summed E-state index contributed by atoms with van der Waals surface area (Å²) in [5.74, 6) is 0. The van der Waals surface area contributed by atoms with Gasteiger partial charge in [0.15, 0.2) is 0 Å². The summed E-state index contributed by atoms with van der Waals surface area (Å²) in [5.41, 5.74) is 11.2. The molecule has 126 valence electrons. The molecule has 0 fully saturated rings. The Balaban J connectivity index is 0.000000219. The summed E-state index contributed by atoms with van der Waals surface area (Å²) in [6.45, 7) is 2.28. The quantitative estimate of drug-likeness (QED) is 0.700. The molecule has 0 bridgehead atoms. The van der Waals surface area contributed by atoms with Crippen LogP contribution in [0.4, 0.5) is 0 Å². The number of aryl methyl sites for hydroxylation is 1. The first-order chi connectivity index (χ1) is 11.6. The van der Waals surface area contributed by atoms with Gasteiger partial charge in [-0.05, 0) is 60.1 Å². The minimum Gasteiger partial charge on any atom is -0.400 e. The third-order valence-corrected chi connectivity index (χ3v) is 4.41. The summed E-state index contributed by atoms with van der Waals surface area (Å²) in [5, 5.41) is 8.78. The zero-order valence-electron chi connectivity index (χ0n) is 13.9. The van der Waals surface area contributed by atoms with Crippen molar-refractivity contribution in [1.82, 2.24) is 0 Å². The van der Waals surface area contributed by atoms with Crippen LogP contribution in [0.15, 0.2) is 71.0 Å². The molecule has 0 amide bonds. The number of aliphatic hydroxyl groups excluding tert-OH is 1. The van der Waals surface area contributed by atoms with Crippen LogP contribution in [0.1, 0.15) is 30.4 Å². The van der Waals surface area contributed by atoms with Crippen LogP contribution in [0.3, 0.4) is 0 Å². The summed E-state index contributed by atoms with van der Waals surface area (Å²) in [7, 11) is 0. The molecule has 1 aliphatic rings. The molecule has 3 N–H and O–H groups in total. The van der Waals surface area contributed by atoms with Gasteiger partial charge in [0.25, 0.3) is 0 Å². The number of hydrogen-bond acceptors (Lipinski definition) is 3. The highest BCUT2D eigenvalue weighted by Crippen LogP contribution is 2.23. The molecular formula is C20H23IN2O. The molecule has 4 heteroatoms. The molecule has 0 unspecified atom stereocenters. The van der Waals surface area contributed by atoms with Gasteiger partial charge >= 0.3 is 0 Å². The first-order valence-electron chi connectivity index (χ1n) is 8.03. The maximum absolute atomic E-state index is 8.78. The number of nitrogens with two attached hydrogens (primary N) is 1. The van der Waals surface area contributed by atoms with Crippen molar-refractivity contribution in [1.29, 1.82) is 0 Å². The van der Waals surface area contributed by atoms with E-state index in [0.29, 0.717) is 0 Å². The van der Waals surface area contributed by atoms with Gasteiger partial charge in [-0.1, -0.05) is 48.0 Å². The second-order valence-electron chi connectivity index (χ2n) is 5.70. The van der Waals surface area contributed by atoms with E-state index in [1.165, 1.54) is 9.13 Å². The third kappa shape index (κ3) is 5.76. The highest BCUT2D eigenvalue weighted by molar-refractivity contribution is 14.1. The number of benzene rings is 2. The van der Waals surface area contributed by atoms with Crippen LogP contribution in [0.25, 0.3) is 0 Å². The van der Waals surface area contributed by atoms with Crippen LogP contribution in [-0.4, -0.2) is 17.4 Å². The lowest BCUT2D eigenvalue weighted by Gasteiger charge is -1.98. The van der Waals surface area contributed by atoms with Crippen molar-refractivity contribution in [3.05, 3.63) is 80.7 Å². The molecule has 0 aromatic heterocycles. The molecular weight excluding hydrogens is 411 g/mol. The Morgan fingerprint density at radius 2 is 1.75 bits per heavy atom. The van der Waals surface area contributed by atoms with E-state index in [0.717, 1.165) is 41.9 Å². The molecule has 3 nitrogen and oxygen atoms in total. The highest BCUT2D eigenvalue weighted by Gasteiger charge is 2.15. The lowest BCUT2D eigenvalue weighted by Crippen LogP contribution is -2.02. The van der Waals surface area contributed by atoms with Gasteiger partial charge in [-0.3, -0.25) is 4.99 Å². The van der Waals surface area contributed by atoms with E-state index < -0.39 is 0 Å². The number of aliphatic imine (C=N–C) groups is 1. The van der Waals surface area contributed by atoms with Crippen molar-refractivity contribution in [3.8, 4) is 0 Å². The Hall–Kier alpha value is -1.66. The molecule has 2 aromatic rings. The van der Waals surface area contributed by atoms with Crippen molar-refractivity contribution in [2.75, 3.05) is 6.61 Å². The lowest BCUT2D eigenvalue weighted by molar-refractivity contribution is 0.288. The fraction of sp³-hybridized carbons (Fsp3) is 0.250. The summed E-state index contributed by atoms with van der Waals surface area (Å²) < 4.78 is 1.30. The number of allylic oxidation sites excluding steroid dienone is 2. The molecule has 0 spiro atoms. The molecule has 0 saturated carbocycles. The van der Waals surface area contributed by atoms with Gasteiger partial charge in [0.2, 0.25) is 0 Å². The first-order valence-corrected chi connectivity index (χ1v) is 9.11. The molecule has 1 heterocycles. The van der Waals surface area contributed by atoms with E-state index in [4.69, 9.17) is 10.8 Å². The normalized spacial score (nSPS) is 13.4. The van der Waals surface area contributed by atoms with Crippen molar-refractivity contribution < 1.29 is 5.11 Å². The van der Waals surface area contributed by atoms with Crippen LogP contribution in [0, 0.1) is 10.5 Å². The zero-order chi connectivity index (χ0) is 17.4. The van der Waals surface area contributed by atoms with Gasteiger partial charge < -0.3 is 10.8 Å². The van der Waals surface area contributed by atoms with Gasteiger partial charge in [0, 0.05) is 22.3 Å². The van der Waals surface area contributed by atoms with E-state index in [1.807, 2.05) is 30.3 Å². The molecule has 0 aliphatic carbocycles. The molecule has 0 radical (unpaired) electrons. The predicted octanol–water partition coefficient (Wildman–Crippen LogP) is 4.42. The maximum Gasteiger partial charge on any atom is 0.0599 e. The standard InChI is InChI=1S/C13H16N2O.C7H7I/c14-11-9-13(10-5-2-1-3-6-10)15-12(11)7-4-8-16;1-6-2-4-7(8)5-3-6/h1-3,5-6,16H,4,7-9,14H2;2-5H,1H3. The summed E-state index contributed by atoms with van der Waals surface area (Å²) in [4.78, 5) is 4.54. The van der Waals surface area contributed by atoms with Crippen molar-refractivity contribution >= 4 is 28.3 Å². The van der Waals surface area contributed by atoms with Gasteiger partial charge in [-0.15, -0.1) is 0 Å². The molecule has 24 heavy (non-hydrogen) atoms. The summed E-state index contributed by atoms with van der Waals surface area (Å²) in [6.07, 6.45) is 2.21. The average Bonchev–Trinajstić information content (AvgIpc) is 2.98. The van der Waals surface area contributed by atoms with E-state index in [-0.39, 0.29) is 6.61 Å². The number of rotatable bonds is 4. The Morgan fingerprint density at radius 1 is 1.08 bits per heavy atom. The van der Waals surface area contributed by atoms with E-state index >= 15 is 0 Å². The molecule has 3 rings (SSSR count). The number of nitrogens with zero attached hydrogens (tertiary/aromatic N) is 1. The smallest absolute Gasteiger partial charge is 0.0599 e. The minimum absolute atomic E-state index is 0.187. The van der Waals surface area contributed by atoms with Crippen molar-refractivity contribution in [3.63, 3.8) is 0 Å². The predicted molar refractivity (Wildman–Crippen MR) is 109 cm³/mol. The monoisotopic (exact) mass is 434 g/mol. The fourth-order valence-corrected chi connectivity index (χ4v) is 2.71. The van der Waals surface area contributed by atoms with E-state index in [2.05, 4.69) is 58.8 Å². The largest absolute Gasteiger partial charge is 0.400 e. The second-order valence-corrected chi connectivity index (χ2v) is 6.94. The van der Waals surface area contributed by atoms with Gasteiger partial charge in [0.05, 0.1) is 11.4 Å². The Morgan fingerprint density at radius 3 is 2.33 bits per heavy atom. The Kier molecular flexibility index (Phi) is 7.46. The van der Waals surface area contributed by atoms with Gasteiger partial charge in [-0.25, -0.2) is 0 Å². The molecule has 1 aliphatic heterocycles. The van der Waals surface area contributed by atoms with E-state index in [9.17, 15) is 0 Å².